The smallest absolute Gasteiger partial charge is 0.251 e. The van der Waals surface area contributed by atoms with E-state index in [1.165, 1.54) is 18.4 Å². The van der Waals surface area contributed by atoms with Crippen LogP contribution in [0.2, 0.25) is 0 Å². The van der Waals surface area contributed by atoms with Crippen LogP contribution in [0.4, 0.5) is 0 Å². The van der Waals surface area contributed by atoms with E-state index in [0.717, 1.165) is 22.8 Å². The molecule has 1 aliphatic carbocycles. The van der Waals surface area contributed by atoms with Gasteiger partial charge in [0, 0.05) is 24.2 Å². The molecule has 3 aromatic rings. The van der Waals surface area contributed by atoms with E-state index in [9.17, 15) is 4.79 Å². The van der Waals surface area contributed by atoms with E-state index in [1.807, 2.05) is 30.3 Å². The number of hydrogen-bond acceptors (Lipinski definition) is 2. The minimum Gasteiger partial charge on any atom is -0.355 e. The molecule has 0 bridgehead atoms. The van der Waals surface area contributed by atoms with E-state index in [-0.39, 0.29) is 5.91 Å². The van der Waals surface area contributed by atoms with Crippen LogP contribution in [0, 0.1) is 5.92 Å². The van der Waals surface area contributed by atoms with Crippen molar-refractivity contribution in [3.05, 3.63) is 54.1 Å². The molecule has 1 saturated carbocycles. The Labute approximate surface area is 141 Å². The van der Waals surface area contributed by atoms with Crippen LogP contribution >= 0.6 is 0 Å². The van der Waals surface area contributed by atoms with Crippen LogP contribution in [0.5, 0.6) is 0 Å². The van der Waals surface area contributed by atoms with Gasteiger partial charge in [0.25, 0.3) is 5.91 Å². The second-order valence-corrected chi connectivity index (χ2v) is 6.53. The summed E-state index contributed by atoms with van der Waals surface area (Å²) in [4.78, 5) is 16.6. The van der Waals surface area contributed by atoms with Crippen molar-refractivity contribution in [1.29, 1.82) is 0 Å². The lowest BCUT2D eigenvalue weighted by Gasteiger charge is -2.17. The predicted octanol–water partition coefficient (Wildman–Crippen LogP) is 4.03. The zero-order valence-electron chi connectivity index (χ0n) is 14.0. The first-order chi connectivity index (χ1) is 11.7. The number of imidazole rings is 1. The Hall–Kier alpha value is -2.62. The van der Waals surface area contributed by atoms with Gasteiger partial charge in [-0.05, 0) is 49.9 Å². The molecule has 122 valence electrons. The van der Waals surface area contributed by atoms with Gasteiger partial charge in [0.1, 0.15) is 5.82 Å². The quantitative estimate of drug-likeness (QED) is 0.789. The largest absolute Gasteiger partial charge is 0.355 e. The average Bonchev–Trinajstić information content (AvgIpc) is 3.40. The first-order valence-electron chi connectivity index (χ1n) is 8.48. The van der Waals surface area contributed by atoms with Gasteiger partial charge in [-0.2, -0.15) is 0 Å². The van der Waals surface area contributed by atoms with Crippen LogP contribution in [0.25, 0.3) is 22.4 Å². The molecule has 2 aromatic carbocycles. The fourth-order valence-corrected chi connectivity index (χ4v) is 3.36. The van der Waals surface area contributed by atoms with E-state index < -0.39 is 0 Å². The fraction of sp³-hybridized carbons (Fsp3) is 0.300. The predicted molar refractivity (Wildman–Crippen MR) is 96.0 cm³/mol. The molecule has 0 radical (unpaired) electrons. The highest BCUT2D eigenvalue weighted by molar-refractivity contribution is 5.94. The number of fused-ring (bicyclic) bond motifs is 1. The van der Waals surface area contributed by atoms with Crippen molar-refractivity contribution < 1.29 is 4.79 Å². The molecule has 24 heavy (non-hydrogen) atoms. The second-order valence-electron chi connectivity index (χ2n) is 6.53. The second kappa shape index (κ2) is 5.78. The Morgan fingerprint density at radius 1 is 1.17 bits per heavy atom. The number of amides is 1. The number of rotatable bonds is 4. The highest BCUT2D eigenvalue weighted by atomic mass is 16.1. The summed E-state index contributed by atoms with van der Waals surface area (Å²) in [5.74, 6) is 1.66. The summed E-state index contributed by atoms with van der Waals surface area (Å²) in [6.45, 7) is 2.29. The van der Waals surface area contributed by atoms with Crippen molar-refractivity contribution >= 4 is 16.9 Å². The van der Waals surface area contributed by atoms with E-state index >= 15 is 0 Å². The van der Waals surface area contributed by atoms with Crippen LogP contribution in [-0.2, 0) is 0 Å². The van der Waals surface area contributed by atoms with Crippen molar-refractivity contribution in [2.24, 2.45) is 5.92 Å². The van der Waals surface area contributed by atoms with E-state index in [2.05, 4.69) is 35.0 Å². The minimum atomic E-state index is -0.0681. The average molecular weight is 319 g/mol. The molecular weight excluding hydrogens is 298 g/mol. The molecule has 0 saturated heterocycles. The molecule has 1 heterocycles. The van der Waals surface area contributed by atoms with Gasteiger partial charge in [0.15, 0.2) is 0 Å². The number of para-hydroxylation sites is 2. The van der Waals surface area contributed by atoms with Crippen LogP contribution in [0.3, 0.4) is 0 Å². The van der Waals surface area contributed by atoms with Gasteiger partial charge in [0.2, 0.25) is 0 Å². The summed E-state index contributed by atoms with van der Waals surface area (Å²) >= 11 is 0. The van der Waals surface area contributed by atoms with Gasteiger partial charge in [-0.1, -0.05) is 24.3 Å². The molecule has 0 unspecified atom stereocenters. The molecular formula is C20H21N3O. The van der Waals surface area contributed by atoms with E-state index in [4.69, 9.17) is 4.98 Å². The summed E-state index contributed by atoms with van der Waals surface area (Å²) in [6.07, 6.45) is 2.59. The molecule has 1 amide bonds. The van der Waals surface area contributed by atoms with Gasteiger partial charge in [-0.25, -0.2) is 4.98 Å². The van der Waals surface area contributed by atoms with Crippen molar-refractivity contribution in [1.82, 2.24) is 14.9 Å². The number of hydrogen-bond donors (Lipinski definition) is 1. The first-order valence-corrected chi connectivity index (χ1v) is 8.48. The van der Waals surface area contributed by atoms with Crippen LogP contribution in [-0.4, -0.2) is 22.5 Å². The monoisotopic (exact) mass is 319 g/mol. The maximum atomic E-state index is 11.7. The SMILES string of the molecule is CNC(=O)c1ccc(-c2nc3ccccc3n2[C@H](C)C2CC2)cc1. The highest BCUT2D eigenvalue weighted by Crippen LogP contribution is 2.42. The lowest BCUT2D eigenvalue weighted by atomic mass is 10.1. The first kappa shape index (κ1) is 14.9. The van der Waals surface area contributed by atoms with Crippen LogP contribution in [0.15, 0.2) is 48.5 Å². The van der Waals surface area contributed by atoms with Crippen molar-refractivity contribution in [2.45, 2.75) is 25.8 Å². The maximum Gasteiger partial charge on any atom is 0.251 e. The lowest BCUT2D eigenvalue weighted by Crippen LogP contribution is -2.17. The van der Waals surface area contributed by atoms with Crippen molar-refractivity contribution in [3.8, 4) is 11.4 Å². The lowest BCUT2D eigenvalue weighted by molar-refractivity contribution is 0.0963. The molecule has 0 spiro atoms. The molecule has 1 aromatic heterocycles. The third-order valence-corrected chi connectivity index (χ3v) is 4.94. The molecule has 1 atom stereocenters. The minimum absolute atomic E-state index is 0.0681. The third kappa shape index (κ3) is 2.48. The number of nitrogens with zero attached hydrogens (tertiary/aromatic N) is 2. The Kier molecular flexibility index (Phi) is 3.60. The van der Waals surface area contributed by atoms with Crippen molar-refractivity contribution in [3.63, 3.8) is 0 Å². The van der Waals surface area contributed by atoms with E-state index in [1.54, 1.807) is 7.05 Å². The third-order valence-electron chi connectivity index (χ3n) is 4.94. The number of nitrogens with one attached hydrogen (secondary N) is 1. The van der Waals surface area contributed by atoms with Gasteiger partial charge >= 0.3 is 0 Å². The Morgan fingerprint density at radius 3 is 2.54 bits per heavy atom. The van der Waals surface area contributed by atoms with Gasteiger partial charge in [-0.15, -0.1) is 0 Å². The van der Waals surface area contributed by atoms with Gasteiger partial charge < -0.3 is 9.88 Å². The van der Waals surface area contributed by atoms with E-state index in [0.29, 0.717) is 11.6 Å². The molecule has 4 rings (SSSR count). The summed E-state index contributed by atoms with van der Waals surface area (Å²) in [6, 6.07) is 16.4. The number of aromatic nitrogens is 2. The van der Waals surface area contributed by atoms with Crippen LogP contribution < -0.4 is 5.32 Å². The Balaban J connectivity index is 1.83. The zero-order valence-corrected chi connectivity index (χ0v) is 14.0. The Morgan fingerprint density at radius 2 is 1.88 bits per heavy atom. The number of carbonyl (C=O) groups is 1. The molecule has 0 aliphatic heterocycles. The standard InChI is InChI=1S/C20H21N3O/c1-13(14-7-8-14)23-18-6-4-3-5-17(18)22-19(23)15-9-11-16(12-10-15)20(24)21-2/h3-6,9-14H,7-8H2,1-2H3,(H,21,24)/t13-/m1/s1. The zero-order chi connectivity index (χ0) is 16.7. The number of carbonyl (C=O) groups excluding carboxylic acids is 1. The molecule has 1 aliphatic rings. The summed E-state index contributed by atoms with van der Waals surface area (Å²) < 4.78 is 2.36. The summed E-state index contributed by atoms with van der Waals surface area (Å²) in [7, 11) is 1.65. The normalized spacial score (nSPS) is 15.4. The fourth-order valence-electron chi connectivity index (χ4n) is 3.36. The van der Waals surface area contributed by atoms with Gasteiger partial charge in [-0.3, -0.25) is 4.79 Å². The summed E-state index contributed by atoms with van der Waals surface area (Å²) in [5, 5.41) is 2.66. The van der Waals surface area contributed by atoms with Gasteiger partial charge in [0.05, 0.1) is 11.0 Å². The maximum absolute atomic E-state index is 11.7. The Bertz CT molecular complexity index is 891. The topological polar surface area (TPSA) is 46.9 Å². The van der Waals surface area contributed by atoms with Crippen molar-refractivity contribution in [2.75, 3.05) is 7.05 Å². The molecule has 1 N–H and O–H groups in total. The molecule has 4 nitrogen and oxygen atoms in total. The highest BCUT2D eigenvalue weighted by Gasteiger charge is 2.31. The molecule has 4 heteroatoms. The van der Waals surface area contributed by atoms with Crippen LogP contribution in [0.1, 0.15) is 36.2 Å². The summed E-state index contributed by atoms with van der Waals surface area (Å²) in [5.41, 5.74) is 3.92. The molecule has 1 fully saturated rings. The number of benzene rings is 2.